The summed E-state index contributed by atoms with van der Waals surface area (Å²) in [5.41, 5.74) is 8.29. The molecule has 1 fully saturated rings. The Morgan fingerprint density at radius 2 is 2.19 bits per heavy atom. The Bertz CT molecular complexity index is 501. The Hall–Kier alpha value is -1.55. The molecule has 0 saturated heterocycles. The predicted molar refractivity (Wildman–Crippen MR) is 88.3 cm³/mol. The fraction of sp³-hybridized carbons (Fsp3) is 0.588. The van der Waals surface area contributed by atoms with Gasteiger partial charge in [0, 0.05) is 17.4 Å². The van der Waals surface area contributed by atoms with Crippen LogP contribution in [0.25, 0.3) is 0 Å². The molecule has 0 aromatic heterocycles. The zero-order chi connectivity index (χ0) is 15.4. The van der Waals surface area contributed by atoms with Crippen LogP contribution in [0.5, 0.6) is 0 Å². The van der Waals surface area contributed by atoms with Gasteiger partial charge in [0.15, 0.2) is 0 Å². The first kappa shape index (κ1) is 15.8. The SMILES string of the molecule is Cc1ccc(N)cc1NC(=O)CN(C)C1CCCC(C)C1. The molecule has 1 aromatic carbocycles. The van der Waals surface area contributed by atoms with Crippen molar-refractivity contribution in [1.82, 2.24) is 4.90 Å². The Morgan fingerprint density at radius 3 is 2.90 bits per heavy atom. The number of nitrogens with zero attached hydrogens (tertiary/aromatic N) is 1. The summed E-state index contributed by atoms with van der Waals surface area (Å²) in [6.45, 7) is 4.71. The van der Waals surface area contributed by atoms with Crippen LogP contribution in [0.15, 0.2) is 18.2 Å². The summed E-state index contributed by atoms with van der Waals surface area (Å²) in [5, 5.41) is 2.97. The molecule has 2 unspecified atom stereocenters. The van der Waals surface area contributed by atoms with E-state index >= 15 is 0 Å². The highest BCUT2D eigenvalue weighted by molar-refractivity contribution is 5.93. The van der Waals surface area contributed by atoms with Gasteiger partial charge in [-0.25, -0.2) is 0 Å². The van der Waals surface area contributed by atoms with Crippen LogP contribution in [0.2, 0.25) is 0 Å². The highest BCUT2D eigenvalue weighted by Crippen LogP contribution is 2.26. The number of hydrogen-bond acceptors (Lipinski definition) is 3. The average molecular weight is 289 g/mol. The quantitative estimate of drug-likeness (QED) is 0.838. The van der Waals surface area contributed by atoms with Gasteiger partial charge in [0.05, 0.1) is 6.54 Å². The summed E-state index contributed by atoms with van der Waals surface area (Å²) >= 11 is 0. The molecule has 0 spiro atoms. The third kappa shape index (κ3) is 4.46. The number of likely N-dealkylation sites (N-methyl/N-ethyl adjacent to an activating group) is 1. The highest BCUT2D eigenvalue weighted by Gasteiger charge is 2.23. The lowest BCUT2D eigenvalue weighted by Crippen LogP contribution is -2.40. The minimum absolute atomic E-state index is 0.0319. The molecule has 2 rings (SSSR count). The third-order valence-corrected chi connectivity index (χ3v) is 4.46. The number of hydrogen-bond donors (Lipinski definition) is 2. The Balaban J connectivity index is 1.90. The zero-order valence-corrected chi connectivity index (χ0v) is 13.4. The number of rotatable bonds is 4. The number of amides is 1. The van der Waals surface area contributed by atoms with Crippen LogP contribution in [0.1, 0.15) is 38.2 Å². The second-order valence-electron chi connectivity index (χ2n) is 6.46. The molecule has 0 aliphatic heterocycles. The van der Waals surface area contributed by atoms with Crippen molar-refractivity contribution in [1.29, 1.82) is 0 Å². The molecule has 2 atom stereocenters. The summed E-state index contributed by atoms with van der Waals surface area (Å²) in [6, 6.07) is 6.12. The molecule has 0 radical (unpaired) electrons. The molecule has 4 heteroatoms. The van der Waals surface area contributed by atoms with Crippen molar-refractivity contribution in [2.75, 3.05) is 24.6 Å². The van der Waals surface area contributed by atoms with E-state index in [0.29, 0.717) is 18.3 Å². The van der Waals surface area contributed by atoms with Crippen molar-refractivity contribution < 1.29 is 4.79 Å². The maximum Gasteiger partial charge on any atom is 0.238 e. The second-order valence-corrected chi connectivity index (χ2v) is 6.46. The van der Waals surface area contributed by atoms with Gasteiger partial charge < -0.3 is 11.1 Å². The molecular formula is C17H27N3O. The number of anilines is 2. The monoisotopic (exact) mass is 289 g/mol. The fourth-order valence-corrected chi connectivity index (χ4v) is 3.12. The van der Waals surface area contributed by atoms with Crippen molar-refractivity contribution >= 4 is 17.3 Å². The summed E-state index contributed by atoms with van der Waals surface area (Å²) < 4.78 is 0. The minimum Gasteiger partial charge on any atom is -0.399 e. The number of carbonyl (C=O) groups excluding carboxylic acids is 1. The number of benzene rings is 1. The summed E-state index contributed by atoms with van der Waals surface area (Å²) in [4.78, 5) is 14.4. The van der Waals surface area contributed by atoms with Crippen LogP contribution < -0.4 is 11.1 Å². The molecule has 1 aromatic rings. The van der Waals surface area contributed by atoms with E-state index < -0.39 is 0 Å². The van der Waals surface area contributed by atoms with Crippen LogP contribution in [-0.2, 0) is 4.79 Å². The maximum absolute atomic E-state index is 12.2. The molecule has 1 aliphatic rings. The molecular weight excluding hydrogens is 262 g/mol. The standard InChI is InChI=1S/C17H27N3O/c1-12-5-4-6-15(9-12)20(3)11-17(21)19-16-10-14(18)8-7-13(16)2/h7-8,10,12,15H,4-6,9,11,18H2,1-3H3,(H,19,21). The van der Waals surface area contributed by atoms with Gasteiger partial charge >= 0.3 is 0 Å². The van der Waals surface area contributed by atoms with Crippen molar-refractivity contribution in [2.24, 2.45) is 5.92 Å². The highest BCUT2D eigenvalue weighted by atomic mass is 16.2. The molecule has 21 heavy (non-hydrogen) atoms. The Labute approximate surface area is 127 Å². The lowest BCUT2D eigenvalue weighted by atomic mass is 9.86. The molecule has 0 bridgehead atoms. The number of aryl methyl sites for hydroxylation is 1. The molecule has 3 N–H and O–H groups in total. The van der Waals surface area contributed by atoms with Gasteiger partial charge in [0.2, 0.25) is 5.91 Å². The smallest absolute Gasteiger partial charge is 0.238 e. The number of nitrogen functional groups attached to an aromatic ring is 1. The number of carbonyl (C=O) groups is 1. The first-order valence-electron chi connectivity index (χ1n) is 7.82. The largest absolute Gasteiger partial charge is 0.399 e. The van der Waals surface area contributed by atoms with Crippen LogP contribution in [0.3, 0.4) is 0 Å². The van der Waals surface area contributed by atoms with Gasteiger partial charge in [0.1, 0.15) is 0 Å². The summed E-state index contributed by atoms with van der Waals surface area (Å²) in [7, 11) is 2.05. The van der Waals surface area contributed by atoms with Crippen LogP contribution in [-0.4, -0.2) is 30.4 Å². The average Bonchev–Trinajstić information content (AvgIpc) is 2.42. The predicted octanol–water partition coefficient (Wildman–Crippen LogP) is 3.03. The maximum atomic E-state index is 12.2. The normalized spacial score (nSPS) is 22.3. The molecule has 1 amide bonds. The molecule has 0 heterocycles. The minimum atomic E-state index is 0.0319. The van der Waals surface area contributed by atoms with Crippen molar-refractivity contribution in [3.8, 4) is 0 Å². The first-order chi connectivity index (χ1) is 9.95. The van der Waals surface area contributed by atoms with Crippen LogP contribution >= 0.6 is 0 Å². The Kier molecular flexibility index (Phi) is 5.23. The van der Waals surface area contributed by atoms with E-state index in [1.54, 1.807) is 0 Å². The molecule has 1 aliphatic carbocycles. The molecule has 116 valence electrons. The van der Waals surface area contributed by atoms with E-state index in [0.717, 1.165) is 17.2 Å². The lowest BCUT2D eigenvalue weighted by Gasteiger charge is -2.33. The van der Waals surface area contributed by atoms with E-state index in [9.17, 15) is 4.79 Å². The van der Waals surface area contributed by atoms with E-state index in [1.807, 2.05) is 25.1 Å². The van der Waals surface area contributed by atoms with Gasteiger partial charge in [0.25, 0.3) is 0 Å². The summed E-state index contributed by atoms with van der Waals surface area (Å²) in [6.07, 6.45) is 4.98. The number of nitrogens with one attached hydrogen (secondary N) is 1. The first-order valence-corrected chi connectivity index (χ1v) is 7.82. The lowest BCUT2D eigenvalue weighted by molar-refractivity contribution is -0.117. The molecule has 4 nitrogen and oxygen atoms in total. The topological polar surface area (TPSA) is 58.4 Å². The Morgan fingerprint density at radius 1 is 1.43 bits per heavy atom. The zero-order valence-electron chi connectivity index (χ0n) is 13.4. The molecule has 1 saturated carbocycles. The van der Waals surface area contributed by atoms with E-state index in [1.165, 1.54) is 25.7 Å². The second kappa shape index (κ2) is 6.94. The van der Waals surface area contributed by atoms with E-state index in [4.69, 9.17) is 5.73 Å². The summed E-state index contributed by atoms with van der Waals surface area (Å²) in [5.74, 6) is 0.801. The van der Waals surface area contributed by atoms with Gasteiger partial charge in [-0.1, -0.05) is 25.8 Å². The van der Waals surface area contributed by atoms with Crippen LogP contribution in [0, 0.1) is 12.8 Å². The van der Waals surface area contributed by atoms with Gasteiger partial charge in [-0.3, -0.25) is 9.69 Å². The van der Waals surface area contributed by atoms with Gasteiger partial charge in [-0.05, 0) is 50.4 Å². The van der Waals surface area contributed by atoms with Crippen molar-refractivity contribution in [2.45, 2.75) is 45.6 Å². The van der Waals surface area contributed by atoms with Crippen molar-refractivity contribution in [3.05, 3.63) is 23.8 Å². The van der Waals surface area contributed by atoms with Crippen LogP contribution in [0.4, 0.5) is 11.4 Å². The number of nitrogens with two attached hydrogens (primary N) is 1. The third-order valence-electron chi connectivity index (χ3n) is 4.46. The van der Waals surface area contributed by atoms with Crippen molar-refractivity contribution in [3.63, 3.8) is 0 Å². The van der Waals surface area contributed by atoms with Gasteiger partial charge in [-0.2, -0.15) is 0 Å². The van der Waals surface area contributed by atoms with E-state index in [2.05, 4.69) is 24.2 Å². The van der Waals surface area contributed by atoms with Gasteiger partial charge in [-0.15, -0.1) is 0 Å². The fourth-order valence-electron chi connectivity index (χ4n) is 3.12. The van der Waals surface area contributed by atoms with E-state index in [-0.39, 0.29) is 5.91 Å².